The summed E-state index contributed by atoms with van der Waals surface area (Å²) in [6.45, 7) is -1.32. The molecule has 0 aromatic rings. The lowest BCUT2D eigenvalue weighted by Gasteiger charge is -2.27. The normalized spacial score (nSPS) is 43.8. The van der Waals surface area contributed by atoms with Gasteiger partial charge in [0.15, 0.2) is 0 Å². The van der Waals surface area contributed by atoms with Crippen LogP contribution in [0.4, 0.5) is 13.0 Å². The molecule has 1 aliphatic heterocycles. The fourth-order valence-electron chi connectivity index (χ4n) is 0.447. The van der Waals surface area contributed by atoms with Crippen LogP contribution in [0.2, 0.25) is 0 Å². The molecule has 0 N–H and O–H groups in total. The van der Waals surface area contributed by atoms with Gasteiger partial charge in [0, 0.05) is 0 Å². The molecule has 0 aromatic carbocycles. The molecule has 0 spiro atoms. The Morgan fingerprint density at radius 1 is 1.64 bits per heavy atom. The van der Waals surface area contributed by atoms with Gasteiger partial charge in [0.25, 0.3) is 0 Å². The largest absolute Gasteiger partial charge is 0.514 e. The van der Waals surface area contributed by atoms with Gasteiger partial charge in [-0.1, -0.05) is 11.6 Å². The van der Waals surface area contributed by atoms with E-state index in [-0.39, 0.29) is 0 Å². The summed E-state index contributed by atoms with van der Waals surface area (Å²) in [7, 11) is -4.83. The second-order valence-corrected chi connectivity index (χ2v) is 3.61. The maximum Gasteiger partial charge on any atom is 0.514 e. The van der Waals surface area contributed by atoms with Gasteiger partial charge in [-0.3, -0.25) is 9.05 Å². The quantitative estimate of drug-likeness (QED) is 0.455. The first-order valence-corrected chi connectivity index (χ1v) is 4.35. The molecule has 11 heavy (non-hydrogen) atoms. The number of halogens is 4. The van der Waals surface area contributed by atoms with E-state index in [9.17, 15) is 17.5 Å². The number of hydrogen-bond acceptors (Lipinski definition) is 3. The van der Waals surface area contributed by atoms with Gasteiger partial charge in [-0.25, -0.2) is 4.57 Å². The Hall–Kier alpha value is 0.230. The fraction of sp³-hybridized carbons (Fsp3) is 1.00. The molecule has 1 heterocycles. The summed E-state index contributed by atoms with van der Waals surface area (Å²) in [6, 6.07) is 0. The van der Waals surface area contributed by atoms with Crippen LogP contribution in [0.3, 0.4) is 0 Å². The Morgan fingerprint density at radius 3 is 2.55 bits per heavy atom. The summed E-state index contributed by atoms with van der Waals surface area (Å²) in [6.07, 6.45) is 0. The highest BCUT2D eigenvalue weighted by Crippen LogP contribution is 2.57. The van der Waals surface area contributed by atoms with Gasteiger partial charge in [0.05, 0.1) is 0 Å². The van der Waals surface area contributed by atoms with Crippen LogP contribution in [-0.2, 0) is 13.6 Å². The van der Waals surface area contributed by atoms with Gasteiger partial charge in [-0.15, -0.1) is 4.20 Å². The van der Waals surface area contributed by atoms with Crippen molar-refractivity contribution in [1.82, 2.24) is 0 Å². The first-order chi connectivity index (χ1) is 4.83. The molecule has 1 aliphatic rings. The lowest BCUT2D eigenvalue weighted by Crippen LogP contribution is -2.38. The first-order valence-electron chi connectivity index (χ1n) is 2.48. The molecule has 0 radical (unpaired) electrons. The van der Waals surface area contributed by atoms with Crippen LogP contribution in [0.25, 0.3) is 0 Å². The van der Waals surface area contributed by atoms with E-state index in [0.29, 0.717) is 0 Å². The maximum atomic E-state index is 12.3. The lowest BCUT2D eigenvalue weighted by atomic mass is 10.4. The molecule has 2 atom stereocenters. The number of rotatable bonds is 0. The Balaban J connectivity index is 2.70. The van der Waals surface area contributed by atoms with Crippen molar-refractivity contribution in [2.45, 2.75) is 11.5 Å². The minimum Gasteiger partial charge on any atom is -0.277 e. The molecule has 1 rings (SSSR count). The van der Waals surface area contributed by atoms with Crippen molar-refractivity contribution < 1.29 is 26.6 Å². The maximum absolute atomic E-state index is 12.3. The van der Waals surface area contributed by atoms with Crippen LogP contribution in [-0.4, -0.2) is 18.1 Å². The SMILES string of the molecule is O=P1(F)OCC(F)(F)C(Cl)O1. The molecule has 0 aliphatic carbocycles. The predicted molar refractivity (Wildman–Crippen MR) is 30.3 cm³/mol. The Kier molecular flexibility index (Phi) is 2.22. The molecular weight excluding hydrogens is 207 g/mol. The minimum atomic E-state index is -4.83. The standard InChI is InChI=1S/C3H3ClF3O3P/c4-2-3(5,6)1-9-11(7,8)10-2/h2H,1H2. The molecule has 1 saturated heterocycles. The first kappa shape index (κ1) is 9.32. The molecule has 66 valence electrons. The van der Waals surface area contributed by atoms with Crippen molar-refractivity contribution in [2.75, 3.05) is 6.61 Å². The summed E-state index contributed by atoms with van der Waals surface area (Å²) in [5.41, 5.74) is -2.23. The van der Waals surface area contributed by atoms with E-state index in [1.807, 2.05) is 0 Å². The molecule has 8 heteroatoms. The predicted octanol–water partition coefficient (Wildman–Crippen LogP) is 2.31. The molecule has 0 amide bonds. The summed E-state index contributed by atoms with van der Waals surface area (Å²) < 4.78 is 54.1. The Bertz CT molecular complexity index is 210. The van der Waals surface area contributed by atoms with Crippen molar-refractivity contribution in [1.29, 1.82) is 0 Å². The van der Waals surface area contributed by atoms with Crippen molar-refractivity contribution in [2.24, 2.45) is 0 Å². The smallest absolute Gasteiger partial charge is 0.277 e. The van der Waals surface area contributed by atoms with Crippen molar-refractivity contribution >= 4 is 19.5 Å². The number of hydrogen-bond donors (Lipinski definition) is 0. The van der Waals surface area contributed by atoms with E-state index >= 15 is 0 Å². The van der Waals surface area contributed by atoms with E-state index in [1.54, 1.807) is 0 Å². The van der Waals surface area contributed by atoms with E-state index < -0.39 is 26.0 Å². The van der Waals surface area contributed by atoms with Crippen LogP contribution in [0.5, 0.6) is 0 Å². The van der Waals surface area contributed by atoms with Gasteiger partial charge in [0.1, 0.15) is 6.61 Å². The van der Waals surface area contributed by atoms with E-state index in [0.717, 1.165) is 0 Å². The average Bonchev–Trinajstić information content (AvgIpc) is 1.81. The Labute approximate surface area is 65.1 Å². The van der Waals surface area contributed by atoms with Gasteiger partial charge in [0.2, 0.25) is 5.56 Å². The van der Waals surface area contributed by atoms with Gasteiger partial charge < -0.3 is 0 Å². The second-order valence-electron chi connectivity index (χ2n) is 1.89. The van der Waals surface area contributed by atoms with E-state index in [2.05, 4.69) is 9.05 Å². The van der Waals surface area contributed by atoms with Crippen LogP contribution < -0.4 is 0 Å². The fourth-order valence-corrected chi connectivity index (χ4v) is 1.56. The van der Waals surface area contributed by atoms with Crippen molar-refractivity contribution in [3.8, 4) is 0 Å². The van der Waals surface area contributed by atoms with E-state index in [4.69, 9.17) is 11.6 Å². The molecule has 0 bridgehead atoms. The van der Waals surface area contributed by atoms with Gasteiger partial charge >= 0.3 is 13.8 Å². The highest BCUT2D eigenvalue weighted by Gasteiger charge is 2.51. The van der Waals surface area contributed by atoms with Crippen LogP contribution >= 0.6 is 19.5 Å². The third-order valence-corrected chi connectivity index (χ3v) is 2.39. The topological polar surface area (TPSA) is 35.5 Å². The summed E-state index contributed by atoms with van der Waals surface area (Å²) in [5, 5.41) is 0. The van der Waals surface area contributed by atoms with Crippen molar-refractivity contribution in [3.63, 3.8) is 0 Å². The summed E-state index contributed by atoms with van der Waals surface area (Å²) >= 11 is 4.83. The monoisotopic (exact) mass is 210 g/mol. The lowest BCUT2D eigenvalue weighted by molar-refractivity contribution is -0.126. The zero-order valence-corrected chi connectivity index (χ0v) is 6.62. The van der Waals surface area contributed by atoms with Gasteiger partial charge in [-0.05, 0) is 0 Å². The third-order valence-electron chi connectivity index (χ3n) is 0.962. The van der Waals surface area contributed by atoms with Gasteiger partial charge in [-0.2, -0.15) is 8.78 Å². The molecule has 0 saturated carbocycles. The second kappa shape index (κ2) is 2.62. The Morgan fingerprint density at radius 2 is 2.18 bits per heavy atom. The molecule has 0 aromatic heterocycles. The van der Waals surface area contributed by atoms with Crippen LogP contribution in [0.1, 0.15) is 0 Å². The minimum absolute atomic E-state index is 1.32. The van der Waals surface area contributed by atoms with Crippen LogP contribution in [0.15, 0.2) is 0 Å². The van der Waals surface area contributed by atoms with E-state index in [1.165, 1.54) is 0 Å². The summed E-state index contributed by atoms with van der Waals surface area (Å²) in [4.78, 5) is 0. The zero-order valence-electron chi connectivity index (χ0n) is 4.97. The highest BCUT2D eigenvalue weighted by molar-refractivity contribution is 7.48. The molecule has 2 unspecified atom stereocenters. The highest BCUT2D eigenvalue weighted by atomic mass is 35.5. The number of alkyl halides is 3. The third kappa shape index (κ3) is 2.08. The average molecular weight is 210 g/mol. The zero-order chi connectivity index (χ0) is 8.70. The summed E-state index contributed by atoms with van der Waals surface area (Å²) in [5.74, 6) is -3.50. The van der Waals surface area contributed by atoms with Crippen LogP contribution in [0, 0.1) is 0 Å². The molecule has 1 fully saturated rings. The van der Waals surface area contributed by atoms with Crippen molar-refractivity contribution in [3.05, 3.63) is 0 Å². The molecule has 3 nitrogen and oxygen atoms in total. The molecular formula is C3H3ClF3O3P.